The number of hydrogen-bond acceptors (Lipinski definition) is 5. The Hall–Kier alpha value is -4.10. The second kappa shape index (κ2) is 8.92. The first-order chi connectivity index (χ1) is 16.9. The zero-order valence-corrected chi connectivity index (χ0v) is 20.1. The van der Waals surface area contributed by atoms with E-state index in [0.29, 0.717) is 17.9 Å². The summed E-state index contributed by atoms with van der Waals surface area (Å²) in [7, 11) is 1.98. The highest BCUT2D eigenvalue weighted by Gasteiger charge is 2.34. The standard InChI is InChI=1S/C28H28N6O/c1-5-20-13-14-22(17(3)32-20)25-23(24-26(29)30-16-31-27(24)33(25)4)18-9-11-19(12-10-18)28(35)34-15-7-8-21(34)6-2/h1-2,9,13-14,16,19,21H,7-8,10-12,15H2,3-4H3,(H2,29,30,31)/t19-,21+/m1/s1. The molecule has 35 heavy (non-hydrogen) atoms. The van der Waals surface area contributed by atoms with Gasteiger partial charge in [-0.25, -0.2) is 15.0 Å². The first-order valence-electron chi connectivity index (χ1n) is 11.9. The predicted octanol–water partition coefficient (Wildman–Crippen LogP) is 3.71. The molecule has 1 aliphatic heterocycles. The number of nitrogens with zero attached hydrogens (tertiary/aromatic N) is 5. The summed E-state index contributed by atoms with van der Waals surface area (Å²) in [4.78, 5) is 28.5. The summed E-state index contributed by atoms with van der Waals surface area (Å²) in [6, 6.07) is 3.78. The van der Waals surface area contributed by atoms with E-state index in [1.165, 1.54) is 6.33 Å². The van der Waals surface area contributed by atoms with Crippen molar-refractivity contribution in [1.82, 2.24) is 24.4 Å². The number of hydrogen-bond donors (Lipinski definition) is 1. The highest BCUT2D eigenvalue weighted by atomic mass is 16.2. The molecule has 7 nitrogen and oxygen atoms in total. The number of aryl methyl sites for hydroxylation is 2. The Morgan fingerprint density at radius 1 is 1.23 bits per heavy atom. The molecule has 1 aliphatic carbocycles. The average molecular weight is 465 g/mol. The molecule has 3 aromatic heterocycles. The van der Waals surface area contributed by atoms with Gasteiger partial charge in [-0.05, 0) is 56.7 Å². The van der Waals surface area contributed by atoms with E-state index in [0.717, 1.165) is 71.3 Å². The largest absolute Gasteiger partial charge is 0.383 e. The van der Waals surface area contributed by atoms with Crippen molar-refractivity contribution < 1.29 is 4.79 Å². The second-order valence-electron chi connectivity index (χ2n) is 9.27. The van der Waals surface area contributed by atoms with Crippen LogP contribution < -0.4 is 5.73 Å². The summed E-state index contributed by atoms with van der Waals surface area (Å²) in [5.41, 5.74) is 12.7. The molecule has 5 rings (SSSR count). The Bertz CT molecular complexity index is 1450. The lowest BCUT2D eigenvalue weighted by Crippen LogP contribution is -2.39. The molecule has 0 unspecified atom stereocenters. The minimum atomic E-state index is -0.0732. The number of nitrogen functional groups attached to an aromatic ring is 1. The minimum Gasteiger partial charge on any atom is -0.383 e. The highest BCUT2D eigenvalue weighted by molar-refractivity contribution is 6.04. The average Bonchev–Trinajstić information content (AvgIpc) is 3.47. The predicted molar refractivity (Wildman–Crippen MR) is 138 cm³/mol. The molecule has 2 atom stereocenters. The molecular weight excluding hydrogens is 436 g/mol. The summed E-state index contributed by atoms with van der Waals surface area (Å²) in [5.74, 6) is 5.93. The van der Waals surface area contributed by atoms with Gasteiger partial charge < -0.3 is 15.2 Å². The van der Waals surface area contributed by atoms with Gasteiger partial charge in [-0.3, -0.25) is 4.79 Å². The molecular formula is C28H28N6O. The number of pyridine rings is 1. The summed E-state index contributed by atoms with van der Waals surface area (Å²) >= 11 is 0. The van der Waals surface area contributed by atoms with Gasteiger partial charge in [0.05, 0.1) is 17.1 Å². The van der Waals surface area contributed by atoms with E-state index < -0.39 is 0 Å². The Kier molecular flexibility index (Phi) is 5.78. The van der Waals surface area contributed by atoms with Crippen LogP contribution in [0.15, 0.2) is 24.5 Å². The zero-order valence-electron chi connectivity index (χ0n) is 20.1. The number of likely N-dealkylation sites (tertiary alicyclic amines) is 1. The number of carbonyl (C=O) groups is 1. The lowest BCUT2D eigenvalue weighted by atomic mass is 9.84. The normalized spacial score (nSPS) is 19.9. The third-order valence-electron chi connectivity index (χ3n) is 7.29. The molecule has 0 spiro atoms. The fourth-order valence-corrected chi connectivity index (χ4v) is 5.52. The number of terminal acetylenes is 2. The van der Waals surface area contributed by atoms with Gasteiger partial charge in [0.2, 0.25) is 5.91 Å². The number of carbonyl (C=O) groups excluding carboxylic acids is 1. The van der Waals surface area contributed by atoms with Crippen LogP contribution in [0.5, 0.6) is 0 Å². The van der Waals surface area contributed by atoms with Gasteiger partial charge in [-0.15, -0.1) is 12.8 Å². The third-order valence-corrected chi connectivity index (χ3v) is 7.29. The van der Waals surface area contributed by atoms with Crippen LogP contribution in [0.3, 0.4) is 0 Å². The molecule has 3 aromatic rings. The molecule has 0 saturated carbocycles. The van der Waals surface area contributed by atoms with Gasteiger partial charge in [0.15, 0.2) is 0 Å². The Balaban J connectivity index is 1.58. The molecule has 4 heterocycles. The molecule has 1 fully saturated rings. The maximum atomic E-state index is 13.2. The lowest BCUT2D eigenvalue weighted by molar-refractivity contribution is -0.135. The zero-order chi connectivity index (χ0) is 24.7. The van der Waals surface area contributed by atoms with Crippen molar-refractivity contribution in [2.45, 2.75) is 45.1 Å². The lowest BCUT2D eigenvalue weighted by Gasteiger charge is -2.28. The number of aromatic nitrogens is 4. The molecule has 0 aromatic carbocycles. The van der Waals surface area contributed by atoms with E-state index in [4.69, 9.17) is 18.6 Å². The summed E-state index contributed by atoms with van der Waals surface area (Å²) < 4.78 is 2.04. The van der Waals surface area contributed by atoms with E-state index in [9.17, 15) is 4.79 Å². The van der Waals surface area contributed by atoms with Crippen LogP contribution in [0.1, 0.15) is 49.1 Å². The molecule has 1 saturated heterocycles. The van der Waals surface area contributed by atoms with Crippen molar-refractivity contribution in [2.24, 2.45) is 13.0 Å². The SMILES string of the molecule is C#Cc1ccc(-c2c(C3=CC[C@@H](C(=O)N4CCC[C@@H]4C#C)CC3)c3c(N)ncnc3n2C)c(C)n1. The maximum absolute atomic E-state index is 13.2. The number of allylic oxidation sites excluding steroid dienone is 2. The van der Waals surface area contributed by atoms with Crippen molar-refractivity contribution in [2.75, 3.05) is 12.3 Å². The summed E-state index contributed by atoms with van der Waals surface area (Å²) in [6.45, 7) is 2.70. The van der Waals surface area contributed by atoms with Crippen LogP contribution >= 0.6 is 0 Å². The number of amides is 1. The van der Waals surface area contributed by atoms with Gasteiger partial charge in [0.1, 0.15) is 23.5 Å². The fourth-order valence-electron chi connectivity index (χ4n) is 5.52. The summed E-state index contributed by atoms with van der Waals surface area (Å²) in [5, 5.41) is 0.827. The molecule has 1 amide bonds. The molecule has 2 N–H and O–H groups in total. The molecule has 176 valence electrons. The minimum absolute atomic E-state index is 0.0574. The molecule has 0 bridgehead atoms. The smallest absolute Gasteiger partial charge is 0.227 e. The first kappa shape index (κ1) is 22.7. The van der Waals surface area contributed by atoms with Crippen molar-refractivity contribution >= 4 is 28.3 Å². The van der Waals surface area contributed by atoms with Crippen LogP contribution in [0.2, 0.25) is 0 Å². The van der Waals surface area contributed by atoms with E-state index in [-0.39, 0.29) is 17.9 Å². The van der Waals surface area contributed by atoms with Crippen LogP contribution in [-0.2, 0) is 11.8 Å². The van der Waals surface area contributed by atoms with E-state index in [1.807, 2.05) is 35.6 Å². The van der Waals surface area contributed by atoms with Gasteiger partial charge in [0.25, 0.3) is 0 Å². The Morgan fingerprint density at radius 2 is 2.06 bits per heavy atom. The third kappa shape index (κ3) is 3.74. The number of nitrogens with two attached hydrogens (primary N) is 1. The van der Waals surface area contributed by atoms with Crippen LogP contribution in [0.25, 0.3) is 27.9 Å². The van der Waals surface area contributed by atoms with Crippen molar-refractivity contribution in [1.29, 1.82) is 0 Å². The molecule has 2 aliphatic rings. The van der Waals surface area contributed by atoms with Gasteiger partial charge in [-0.1, -0.05) is 17.9 Å². The van der Waals surface area contributed by atoms with Gasteiger partial charge in [-0.2, -0.15) is 0 Å². The van der Waals surface area contributed by atoms with Crippen molar-refractivity contribution in [3.63, 3.8) is 0 Å². The molecule has 0 radical (unpaired) electrons. The summed E-state index contributed by atoms with van der Waals surface area (Å²) in [6.07, 6.45) is 18.9. The topological polar surface area (TPSA) is 89.9 Å². The van der Waals surface area contributed by atoms with E-state index in [2.05, 4.69) is 32.9 Å². The van der Waals surface area contributed by atoms with Gasteiger partial charge in [0, 0.05) is 36.3 Å². The Labute approximate surface area is 205 Å². The number of rotatable bonds is 3. The van der Waals surface area contributed by atoms with Crippen molar-refractivity contribution in [3.05, 3.63) is 41.5 Å². The van der Waals surface area contributed by atoms with Crippen LogP contribution in [0, 0.1) is 37.5 Å². The maximum Gasteiger partial charge on any atom is 0.227 e. The second-order valence-corrected chi connectivity index (χ2v) is 9.27. The van der Waals surface area contributed by atoms with Crippen LogP contribution in [0.4, 0.5) is 5.82 Å². The van der Waals surface area contributed by atoms with Crippen LogP contribution in [-0.4, -0.2) is 42.9 Å². The number of anilines is 1. The monoisotopic (exact) mass is 464 g/mol. The fraction of sp³-hybridized carbons (Fsp3) is 0.357. The van der Waals surface area contributed by atoms with E-state index in [1.54, 1.807) is 0 Å². The quantitative estimate of drug-likeness (QED) is 0.597. The first-order valence-corrected chi connectivity index (χ1v) is 11.9. The van der Waals surface area contributed by atoms with E-state index >= 15 is 0 Å². The van der Waals surface area contributed by atoms with Crippen molar-refractivity contribution in [3.8, 4) is 35.9 Å². The number of fused-ring (bicyclic) bond motifs is 1. The Morgan fingerprint density at radius 3 is 2.74 bits per heavy atom. The molecule has 7 heteroatoms. The highest BCUT2D eigenvalue weighted by Crippen LogP contribution is 2.43. The van der Waals surface area contributed by atoms with Gasteiger partial charge >= 0.3 is 0 Å².